The van der Waals surface area contributed by atoms with Gasteiger partial charge in [0.2, 0.25) is 5.91 Å². The quantitative estimate of drug-likeness (QED) is 0.874. The summed E-state index contributed by atoms with van der Waals surface area (Å²) in [4.78, 5) is 18.5. The van der Waals surface area contributed by atoms with Gasteiger partial charge in [-0.15, -0.1) is 0 Å². The van der Waals surface area contributed by atoms with E-state index in [1.807, 2.05) is 38.2 Å². The standard InChI is InChI=1S/C16H26N4O/c1-17-16(9-5-4-6-10-16)11-15(21)19-13-7-8-14(18-12-13)20(2)3/h7-8,12,17H,4-6,9-11H2,1-3H3,(H,19,21). The summed E-state index contributed by atoms with van der Waals surface area (Å²) in [7, 11) is 5.85. The highest BCUT2D eigenvalue weighted by Gasteiger charge is 2.32. The minimum absolute atomic E-state index is 0.0284. The number of aromatic nitrogens is 1. The molecule has 1 aromatic heterocycles. The highest BCUT2D eigenvalue weighted by molar-refractivity contribution is 5.91. The van der Waals surface area contributed by atoms with Crippen molar-refractivity contribution in [2.45, 2.75) is 44.1 Å². The minimum Gasteiger partial charge on any atom is -0.363 e. The summed E-state index contributed by atoms with van der Waals surface area (Å²) in [5.74, 6) is 0.942. The molecule has 116 valence electrons. The molecule has 1 aromatic rings. The Labute approximate surface area is 127 Å². The van der Waals surface area contributed by atoms with Gasteiger partial charge in [-0.3, -0.25) is 4.79 Å². The predicted octanol–water partition coefficient (Wildman–Crippen LogP) is 2.40. The first kappa shape index (κ1) is 15.8. The molecule has 0 radical (unpaired) electrons. The van der Waals surface area contributed by atoms with E-state index in [9.17, 15) is 4.79 Å². The molecule has 21 heavy (non-hydrogen) atoms. The number of hydrogen-bond acceptors (Lipinski definition) is 4. The second kappa shape index (κ2) is 6.89. The highest BCUT2D eigenvalue weighted by atomic mass is 16.1. The average molecular weight is 290 g/mol. The smallest absolute Gasteiger partial charge is 0.226 e. The molecule has 5 nitrogen and oxygen atoms in total. The summed E-state index contributed by atoms with van der Waals surface area (Å²) in [6, 6.07) is 3.80. The van der Waals surface area contributed by atoms with Gasteiger partial charge in [0, 0.05) is 26.1 Å². The normalized spacial score (nSPS) is 17.3. The van der Waals surface area contributed by atoms with E-state index in [2.05, 4.69) is 15.6 Å². The van der Waals surface area contributed by atoms with Crippen molar-refractivity contribution in [3.63, 3.8) is 0 Å². The molecule has 0 saturated heterocycles. The van der Waals surface area contributed by atoms with Crippen LogP contribution in [0.15, 0.2) is 18.3 Å². The second-order valence-electron chi connectivity index (χ2n) is 6.12. The van der Waals surface area contributed by atoms with Crippen molar-refractivity contribution in [3.8, 4) is 0 Å². The maximum Gasteiger partial charge on any atom is 0.226 e. The van der Waals surface area contributed by atoms with Crippen molar-refractivity contribution in [3.05, 3.63) is 18.3 Å². The third kappa shape index (κ3) is 4.17. The van der Waals surface area contributed by atoms with Gasteiger partial charge in [0.15, 0.2) is 0 Å². The first-order valence-electron chi connectivity index (χ1n) is 7.67. The number of rotatable bonds is 5. The first-order chi connectivity index (χ1) is 10.0. The molecule has 1 aliphatic rings. The van der Waals surface area contributed by atoms with Crippen LogP contribution >= 0.6 is 0 Å². The molecule has 2 rings (SSSR count). The van der Waals surface area contributed by atoms with Gasteiger partial charge >= 0.3 is 0 Å². The van der Waals surface area contributed by atoms with E-state index in [1.165, 1.54) is 19.3 Å². The zero-order chi connectivity index (χ0) is 15.3. The molecule has 0 atom stereocenters. The Bertz CT molecular complexity index is 464. The number of nitrogens with zero attached hydrogens (tertiary/aromatic N) is 2. The van der Waals surface area contributed by atoms with Crippen LogP contribution in [0.4, 0.5) is 11.5 Å². The van der Waals surface area contributed by atoms with E-state index in [0.29, 0.717) is 6.42 Å². The number of hydrogen-bond donors (Lipinski definition) is 2. The van der Waals surface area contributed by atoms with Crippen LogP contribution in [0.5, 0.6) is 0 Å². The van der Waals surface area contributed by atoms with Crippen molar-refractivity contribution in [1.82, 2.24) is 10.3 Å². The molecular weight excluding hydrogens is 264 g/mol. The molecule has 1 aliphatic carbocycles. The lowest BCUT2D eigenvalue weighted by atomic mass is 9.79. The molecule has 1 heterocycles. The van der Waals surface area contributed by atoms with Crippen LogP contribution in [0.25, 0.3) is 0 Å². The van der Waals surface area contributed by atoms with E-state index in [4.69, 9.17) is 0 Å². The van der Waals surface area contributed by atoms with E-state index in [-0.39, 0.29) is 11.4 Å². The first-order valence-corrected chi connectivity index (χ1v) is 7.67. The zero-order valence-corrected chi connectivity index (χ0v) is 13.3. The summed E-state index contributed by atoms with van der Waals surface area (Å²) in [6.45, 7) is 0. The van der Waals surface area contributed by atoms with Crippen LogP contribution in [-0.2, 0) is 4.79 Å². The summed E-state index contributed by atoms with van der Waals surface area (Å²) >= 11 is 0. The Hall–Kier alpha value is -1.62. The molecule has 5 heteroatoms. The van der Waals surface area contributed by atoms with Crippen molar-refractivity contribution in [2.24, 2.45) is 0 Å². The third-order valence-corrected chi connectivity index (χ3v) is 4.33. The maximum atomic E-state index is 12.3. The molecule has 0 spiro atoms. The van der Waals surface area contributed by atoms with Crippen LogP contribution in [0.2, 0.25) is 0 Å². The topological polar surface area (TPSA) is 57.3 Å². The maximum absolute atomic E-state index is 12.3. The lowest BCUT2D eigenvalue weighted by Gasteiger charge is -2.36. The fourth-order valence-corrected chi connectivity index (χ4v) is 2.98. The molecule has 0 aromatic carbocycles. The van der Waals surface area contributed by atoms with Gasteiger partial charge in [-0.05, 0) is 32.0 Å². The molecule has 0 unspecified atom stereocenters. The predicted molar refractivity (Wildman–Crippen MR) is 86.7 cm³/mol. The summed E-state index contributed by atoms with van der Waals surface area (Å²) in [5.41, 5.74) is 0.729. The fraction of sp³-hybridized carbons (Fsp3) is 0.625. The van der Waals surface area contributed by atoms with Crippen LogP contribution in [-0.4, -0.2) is 37.6 Å². The third-order valence-electron chi connectivity index (χ3n) is 4.33. The lowest BCUT2D eigenvalue weighted by Crippen LogP contribution is -2.47. The second-order valence-corrected chi connectivity index (χ2v) is 6.12. The van der Waals surface area contributed by atoms with E-state index < -0.39 is 0 Å². The highest BCUT2D eigenvalue weighted by Crippen LogP contribution is 2.31. The van der Waals surface area contributed by atoms with Crippen molar-refractivity contribution in [1.29, 1.82) is 0 Å². The Morgan fingerprint density at radius 3 is 2.52 bits per heavy atom. The Balaban J connectivity index is 1.94. The van der Waals surface area contributed by atoms with Gasteiger partial charge in [-0.1, -0.05) is 19.3 Å². The van der Waals surface area contributed by atoms with Crippen molar-refractivity contribution < 1.29 is 4.79 Å². The lowest BCUT2D eigenvalue weighted by molar-refractivity contribution is -0.117. The molecule has 1 amide bonds. The van der Waals surface area contributed by atoms with E-state index >= 15 is 0 Å². The van der Waals surface area contributed by atoms with Gasteiger partial charge in [0.25, 0.3) is 0 Å². The van der Waals surface area contributed by atoms with Crippen LogP contribution in [0.3, 0.4) is 0 Å². The average Bonchev–Trinajstić information content (AvgIpc) is 2.48. The number of nitrogens with one attached hydrogen (secondary N) is 2. The van der Waals surface area contributed by atoms with Crippen molar-refractivity contribution >= 4 is 17.4 Å². The Kier molecular flexibility index (Phi) is 5.17. The summed E-state index contributed by atoms with van der Waals surface area (Å²) in [6.07, 6.45) is 8.07. The van der Waals surface area contributed by atoms with Gasteiger partial charge in [-0.25, -0.2) is 4.98 Å². The fourth-order valence-electron chi connectivity index (χ4n) is 2.98. The number of carbonyl (C=O) groups is 1. The monoisotopic (exact) mass is 290 g/mol. The molecule has 0 bridgehead atoms. The van der Waals surface area contributed by atoms with E-state index in [0.717, 1.165) is 24.3 Å². The van der Waals surface area contributed by atoms with Crippen molar-refractivity contribution in [2.75, 3.05) is 31.4 Å². The zero-order valence-electron chi connectivity index (χ0n) is 13.3. The Morgan fingerprint density at radius 1 is 1.29 bits per heavy atom. The molecule has 1 saturated carbocycles. The SMILES string of the molecule is CNC1(CC(=O)Nc2ccc(N(C)C)nc2)CCCCC1. The minimum atomic E-state index is -0.0284. The number of carbonyl (C=O) groups excluding carboxylic acids is 1. The number of anilines is 2. The van der Waals surface area contributed by atoms with Crippen LogP contribution < -0.4 is 15.5 Å². The van der Waals surface area contributed by atoms with Crippen LogP contribution in [0, 0.1) is 0 Å². The molecular formula is C16H26N4O. The van der Waals surface area contributed by atoms with Gasteiger partial charge < -0.3 is 15.5 Å². The molecule has 0 aliphatic heterocycles. The van der Waals surface area contributed by atoms with Gasteiger partial charge in [-0.2, -0.15) is 0 Å². The largest absolute Gasteiger partial charge is 0.363 e. The van der Waals surface area contributed by atoms with Crippen LogP contribution in [0.1, 0.15) is 38.5 Å². The number of pyridine rings is 1. The van der Waals surface area contributed by atoms with E-state index in [1.54, 1.807) is 6.20 Å². The van der Waals surface area contributed by atoms with Gasteiger partial charge in [0.05, 0.1) is 11.9 Å². The Morgan fingerprint density at radius 2 is 2.00 bits per heavy atom. The molecule has 2 N–H and O–H groups in total. The summed E-state index contributed by atoms with van der Waals surface area (Å²) < 4.78 is 0. The number of amides is 1. The van der Waals surface area contributed by atoms with Gasteiger partial charge in [0.1, 0.15) is 5.82 Å². The summed E-state index contributed by atoms with van der Waals surface area (Å²) in [5, 5.41) is 6.33. The molecule has 1 fully saturated rings.